The summed E-state index contributed by atoms with van der Waals surface area (Å²) in [5.41, 5.74) is 0. The van der Waals surface area contributed by atoms with Crippen molar-refractivity contribution in [3.05, 3.63) is 12.1 Å². The molecule has 0 aliphatic carbocycles. The van der Waals surface area contributed by atoms with Crippen LogP contribution >= 0.6 is 22.6 Å². The zero-order valence-electron chi connectivity index (χ0n) is 10.9. The molecule has 0 fully saturated rings. The molecular formula is C8F15IO2. The monoisotopic (exact) mass is 540 g/mol. The standard InChI is InChI=1S/C8F15IO2/c9-1(10)2(11)25-8(22,23)4(14,5(15,16)17)26-7(20,21)3(12,13)6(18,19)24. The number of halogens is 16. The van der Waals surface area contributed by atoms with Crippen molar-refractivity contribution in [2.75, 3.05) is 0 Å². The van der Waals surface area contributed by atoms with Gasteiger partial charge in [0.2, 0.25) is 0 Å². The van der Waals surface area contributed by atoms with Gasteiger partial charge in [0.25, 0.3) is 0 Å². The van der Waals surface area contributed by atoms with Crippen molar-refractivity contribution in [3.8, 4) is 0 Å². The lowest BCUT2D eigenvalue weighted by molar-refractivity contribution is -0.522. The summed E-state index contributed by atoms with van der Waals surface area (Å²) in [5, 5.41) is 0. The fourth-order valence-corrected chi connectivity index (χ4v) is 1.22. The van der Waals surface area contributed by atoms with Crippen LogP contribution in [0, 0.1) is 0 Å². The Labute approximate surface area is 145 Å². The van der Waals surface area contributed by atoms with Crippen LogP contribution in [0.25, 0.3) is 0 Å². The van der Waals surface area contributed by atoms with Gasteiger partial charge in [-0.1, -0.05) is 0 Å². The zero-order valence-corrected chi connectivity index (χ0v) is 13.0. The van der Waals surface area contributed by atoms with E-state index < -0.39 is 68.8 Å². The summed E-state index contributed by atoms with van der Waals surface area (Å²) in [6.45, 7) is 0. The third kappa shape index (κ3) is 4.53. The van der Waals surface area contributed by atoms with Gasteiger partial charge < -0.3 is 4.74 Å². The highest BCUT2D eigenvalue weighted by Gasteiger charge is 2.83. The van der Waals surface area contributed by atoms with Gasteiger partial charge in [0.05, 0.1) is 0 Å². The second kappa shape index (κ2) is 6.97. The summed E-state index contributed by atoms with van der Waals surface area (Å²) in [6, 6.07) is -3.93. The summed E-state index contributed by atoms with van der Waals surface area (Å²) >= 11 is -0.766. The Kier molecular flexibility index (Phi) is 6.75. The molecule has 0 aliphatic rings. The first-order valence-corrected chi connectivity index (χ1v) is 6.17. The largest absolute Gasteiger partial charge is 0.471 e. The molecule has 0 spiro atoms. The molecule has 0 aromatic heterocycles. The zero-order chi connectivity index (χ0) is 21.6. The fraction of sp³-hybridized carbons (Fsp3) is 0.750. The molecule has 0 heterocycles. The lowest BCUT2D eigenvalue weighted by atomic mass is 10.2. The minimum Gasteiger partial charge on any atom is -0.398 e. The summed E-state index contributed by atoms with van der Waals surface area (Å²) in [4.78, 5) is 0. The highest BCUT2D eigenvalue weighted by molar-refractivity contribution is 14.1. The molecule has 1 unspecified atom stereocenters. The third-order valence-electron chi connectivity index (χ3n) is 2.10. The number of hydrogen-bond acceptors (Lipinski definition) is 2. The topological polar surface area (TPSA) is 18.5 Å². The third-order valence-corrected chi connectivity index (χ3v) is 2.77. The highest BCUT2D eigenvalue weighted by atomic mass is 127. The fourth-order valence-electron chi connectivity index (χ4n) is 0.905. The van der Waals surface area contributed by atoms with Gasteiger partial charge in [-0.2, -0.15) is 65.9 Å². The molecule has 0 bridgehead atoms. The van der Waals surface area contributed by atoms with Crippen molar-refractivity contribution in [3.63, 3.8) is 0 Å². The average Bonchev–Trinajstić information content (AvgIpc) is 2.34. The molecule has 26 heavy (non-hydrogen) atoms. The minimum absolute atomic E-state index is 0.766. The molecule has 0 aromatic carbocycles. The first-order valence-electron chi connectivity index (χ1n) is 5.09. The second-order valence-corrected chi connectivity index (χ2v) is 5.29. The number of ether oxygens (including phenoxy) is 2. The van der Waals surface area contributed by atoms with Crippen molar-refractivity contribution in [1.82, 2.24) is 0 Å². The average molecular weight is 540 g/mol. The molecule has 0 N–H and O–H groups in total. The van der Waals surface area contributed by atoms with E-state index in [0.717, 1.165) is 0 Å². The van der Waals surface area contributed by atoms with E-state index in [2.05, 4.69) is 0 Å². The summed E-state index contributed by atoms with van der Waals surface area (Å²) in [6.07, 6.45) is -25.9. The summed E-state index contributed by atoms with van der Waals surface area (Å²) in [7, 11) is 0. The van der Waals surface area contributed by atoms with E-state index in [1.807, 2.05) is 4.74 Å². The van der Waals surface area contributed by atoms with Crippen LogP contribution in [0.5, 0.6) is 0 Å². The Balaban J connectivity index is 6.27. The van der Waals surface area contributed by atoms with Crippen molar-refractivity contribution in [1.29, 1.82) is 0 Å². The quantitative estimate of drug-likeness (QED) is 0.168. The lowest BCUT2D eigenvalue weighted by Gasteiger charge is -2.37. The first-order chi connectivity index (χ1) is 11.0. The predicted octanol–water partition coefficient (Wildman–Crippen LogP) is 6.13. The van der Waals surface area contributed by atoms with Crippen molar-refractivity contribution in [2.24, 2.45) is 0 Å². The van der Waals surface area contributed by atoms with Crippen LogP contribution in [0.4, 0.5) is 65.9 Å². The molecule has 0 saturated carbocycles. The Morgan fingerprint density at radius 2 is 1.04 bits per heavy atom. The first kappa shape index (κ1) is 25.2. The maximum absolute atomic E-state index is 13.4. The van der Waals surface area contributed by atoms with E-state index in [4.69, 9.17) is 0 Å². The van der Waals surface area contributed by atoms with Crippen molar-refractivity contribution in [2.45, 2.75) is 34.1 Å². The van der Waals surface area contributed by atoms with Crippen LogP contribution in [-0.2, 0) is 9.47 Å². The van der Waals surface area contributed by atoms with Crippen LogP contribution in [0.1, 0.15) is 0 Å². The van der Waals surface area contributed by atoms with Gasteiger partial charge in [-0.15, -0.1) is 0 Å². The summed E-state index contributed by atoms with van der Waals surface area (Å²) in [5.74, 6) is -14.5. The van der Waals surface area contributed by atoms with E-state index in [1.165, 1.54) is 0 Å². The van der Waals surface area contributed by atoms with E-state index in [0.29, 0.717) is 0 Å². The molecular weight excluding hydrogens is 540 g/mol. The molecule has 0 saturated heterocycles. The Morgan fingerprint density at radius 1 is 0.654 bits per heavy atom. The Bertz CT molecular complexity index is 545. The van der Waals surface area contributed by atoms with Gasteiger partial charge in [0, 0.05) is 22.6 Å². The molecule has 2 nitrogen and oxygen atoms in total. The van der Waals surface area contributed by atoms with Gasteiger partial charge in [0.1, 0.15) is 0 Å². The van der Waals surface area contributed by atoms with E-state index in [-0.39, 0.29) is 0 Å². The molecule has 0 rings (SSSR count). The molecule has 0 radical (unpaired) electrons. The number of alkyl halides is 13. The maximum atomic E-state index is 13.4. The molecule has 18 heteroatoms. The van der Waals surface area contributed by atoms with Gasteiger partial charge in [0.15, 0.2) is 0 Å². The van der Waals surface area contributed by atoms with Crippen molar-refractivity contribution < 1.29 is 75.3 Å². The molecule has 1 atom stereocenters. The van der Waals surface area contributed by atoms with Gasteiger partial charge in [-0.25, -0.2) is 0 Å². The van der Waals surface area contributed by atoms with Crippen LogP contribution < -0.4 is 0 Å². The normalized spacial score (nSPS) is 16.9. The van der Waals surface area contributed by atoms with Crippen LogP contribution in [0.2, 0.25) is 0 Å². The van der Waals surface area contributed by atoms with E-state index in [9.17, 15) is 65.9 Å². The summed E-state index contributed by atoms with van der Waals surface area (Å²) < 4.78 is 185. The number of rotatable bonds is 7. The van der Waals surface area contributed by atoms with Gasteiger partial charge in [-0.05, 0) is 0 Å². The van der Waals surface area contributed by atoms with Crippen LogP contribution in [0.3, 0.4) is 0 Å². The minimum atomic E-state index is -7.50. The SMILES string of the molecule is FC(F)=C(F)OC(F)(F)C(F)(OC(F)(F)C(F)(F)C(F)(F)I)C(F)(F)F. The predicted molar refractivity (Wildman–Crippen MR) is 56.2 cm³/mol. The van der Waals surface area contributed by atoms with Crippen LogP contribution in [0.15, 0.2) is 12.1 Å². The van der Waals surface area contributed by atoms with Gasteiger partial charge >= 0.3 is 46.2 Å². The lowest BCUT2D eigenvalue weighted by Crippen LogP contribution is -2.65. The molecule has 0 amide bonds. The van der Waals surface area contributed by atoms with Crippen LogP contribution in [-0.4, -0.2) is 34.1 Å². The van der Waals surface area contributed by atoms with Gasteiger partial charge in [-0.3, -0.25) is 4.74 Å². The Morgan fingerprint density at radius 3 is 1.31 bits per heavy atom. The van der Waals surface area contributed by atoms with E-state index >= 15 is 0 Å². The van der Waals surface area contributed by atoms with E-state index in [1.54, 1.807) is 4.74 Å². The molecule has 156 valence electrons. The second-order valence-electron chi connectivity index (χ2n) is 3.94. The Hall–Kier alpha value is -0.820. The maximum Gasteiger partial charge on any atom is 0.471 e. The smallest absolute Gasteiger partial charge is 0.398 e. The van der Waals surface area contributed by atoms with Crippen molar-refractivity contribution >= 4 is 22.6 Å². The number of hydrogen-bond donors (Lipinski definition) is 0. The molecule has 0 aliphatic heterocycles. The molecule has 0 aromatic rings. The highest BCUT2D eigenvalue weighted by Crippen LogP contribution is 2.56.